The molecule has 1 saturated heterocycles. The highest BCUT2D eigenvalue weighted by Crippen LogP contribution is 2.29. The number of fused-ring (bicyclic) bond motifs is 1. The molecule has 7 nitrogen and oxygen atoms in total. The molecule has 2 aliphatic rings. The summed E-state index contributed by atoms with van der Waals surface area (Å²) in [6.07, 6.45) is 5.89. The van der Waals surface area contributed by atoms with E-state index in [1.165, 1.54) is 25.1 Å². The molecule has 4 rings (SSSR count). The van der Waals surface area contributed by atoms with Crippen molar-refractivity contribution in [2.45, 2.75) is 42.7 Å². The van der Waals surface area contributed by atoms with E-state index in [1.54, 1.807) is 18.2 Å². The quantitative estimate of drug-likeness (QED) is 0.838. The minimum absolute atomic E-state index is 0.00388. The molecule has 1 aromatic carbocycles. The zero-order valence-corrected chi connectivity index (χ0v) is 15.2. The number of hydrogen-bond acceptors (Lipinski definition) is 5. The second-order valence-electron chi connectivity index (χ2n) is 7.07. The minimum Gasteiger partial charge on any atom is -0.348 e. The number of hydrogen-bond donors (Lipinski definition) is 2. The lowest BCUT2D eigenvalue weighted by atomic mass is 10.0. The topological polar surface area (TPSA) is 105 Å². The van der Waals surface area contributed by atoms with Crippen molar-refractivity contribution in [3.8, 4) is 0 Å². The van der Waals surface area contributed by atoms with Crippen molar-refractivity contribution in [3.63, 3.8) is 0 Å². The third-order valence-corrected chi connectivity index (χ3v) is 6.18. The largest absolute Gasteiger partial charge is 0.348 e. The maximum Gasteiger partial charge on any atom is 0.270 e. The number of rotatable bonds is 4. The number of aromatic nitrogens is 1. The molecule has 0 atom stereocenters. The van der Waals surface area contributed by atoms with Crippen LogP contribution in [-0.2, 0) is 10.0 Å². The van der Waals surface area contributed by atoms with Gasteiger partial charge in [0.15, 0.2) is 0 Å². The van der Waals surface area contributed by atoms with Crippen LogP contribution in [0.3, 0.4) is 0 Å². The molecule has 1 aromatic heterocycles. The molecule has 138 valence electrons. The van der Waals surface area contributed by atoms with E-state index in [2.05, 4.69) is 15.2 Å². The molecule has 2 heterocycles. The van der Waals surface area contributed by atoms with Crippen molar-refractivity contribution in [3.05, 3.63) is 36.2 Å². The van der Waals surface area contributed by atoms with Gasteiger partial charge in [0.2, 0.25) is 10.0 Å². The van der Waals surface area contributed by atoms with Crippen LogP contribution in [0, 0.1) is 0 Å². The molecule has 26 heavy (non-hydrogen) atoms. The minimum atomic E-state index is -3.87. The van der Waals surface area contributed by atoms with E-state index in [0.29, 0.717) is 10.8 Å². The van der Waals surface area contributed by atoms with Crippen LogP contribution in [0.15, 0.2) is 35.4 Å². The second-order valence-corrected chi connectivity index (χ2v) is 8.60. The predicted octanol–water partition coefficient (Wildman–Crippen LogP) is 1.24. The Bertz CT molecular complexity index is 948. The lowest BCUT2D eigenvalue weighted by Gasteiger charge is -2.32. The van der Waals surface area contributed by atoms with Gasteiger partial charge in [-0.25, -0.2) is 13.6 Å². The number of likely N-dealkylation sites (tertiary alicyclic amines) is 1. The highest BCUT2D eigenvalue weighted by Gasteiger charge is 2.32. The average Bonchev–Trinajstić information content (AvgIpc) is 3.45. The molecule has 8 heteroatoms. The molecule has 2 fully saturated rings. The van der Waals surface area contributed by atoms with Gasteiger partial charge in [-0.3, -0.25) is 9.78 Å². The summed E-state index contributed by atoms with van der Waals surface area (Å²) in [7, 11) is -3.87. The fourth-order valence-electron chi connectivity index (χ4n) is 3.71. The smallest absolute Gasteiger partial charge is 0.270 e. The Hall–Kier alpha value is -2.03. The highest BCUT2D eigenvalue weighted by atomic mass is 32.2. The first-order valence-corrected chi connectivity index (χ1v) is 10.4. The zero-order valence-electron chi connectivity index (χ0n) is 14.4. The predicted molar refractivity (Wildman–Crippen MR) is 98.2 cm³/mol. The van der Waals surface area contributed by atoms with Crippen LogP contribution in [-0.4, -0.2) is 49.4 Å². The summed E-state index contributed by atoms with van der Waals surface area (Å²) in [6.45, 7) is 2.02. The van der Waals surface area contributed by atoms with Crippen molar-refractivity contribution >= 4 is 26.7 Å². The number of nitrogens with two attached hydrogens (primary N) is 1. The third-order valence-electron chi connectivity index (χ3n) is 5.22. The Morgan fingerprint density at radius 3 is 2.50 bits per heavy atom. The van der Waals surface area contributed by atoms with Gasteiger partial charge in [0, 0.05) is 42.1 Å². The summed E-state index contributed by atoms with van der Waals surface area (Å²) >= 11 is 0. The molecule has 1 aliphatic heterocycles. The normalized spacial score (nSPS) is 19.6. The van der Waals surface area contributed by atoms with Gasteiger partial charge in [-0.15, -0.1) is 0 Å². The van der Waals surface area contributed by atoms with E-state index < -0.39 is 10.0 Å². The van der Waals surface area contributed by atoms with Crippen molar-refractivity contribution < 1.29 is 13.2 Å². The number of nitrogens with one attached hydrogen (secondary N) is 1. The van der Waals surface area contributed by atoms with E-state index in [0.717, 1.165) is 32.0 Å². The van der Waals surface area contributed by atoms with Gasteiger partial charge < -0.3 is 10.2 Å². The first-order valence-electron chi connectivity index (χ1n) is 8.89. The standard InChI is InChI=1S/C18H22N4O3S/c19-26(24,25)16-3-1-2-15-14(16)6-9-20-17(15)18(23)21-12-7-10-22(11-8-12)13-4-5-13/h1-3,6,9,12-13H,4-5,7-8,10-11H2,(H,21,23)(H2,19,24,25). The fraction of sp³-hybridized carbons (Fsp3) is 0.444. The first kappa shape index (κ1) is 17.4. The molecule has 1 amide bonds. The van der Waals surface area contributed by atoms with Crippen molar-refractivity contribution in [2.75, 3.05) is 13.1 Å². The van der Waals surface area contributed by atoms with Crippen LogP contribution >= 0.6 is 0 Å². The molecule has 0 spiro atoms. The molecule has 3 N–H and O–H groups in total. The van der Waals surface area contributed by atoms with E-state index in [9.17, 15) is 13.2 Å². The van der Waals surface area contributed by atoms with Gasteiger partial charge >= 0.3 is 0 Å². The third kappa shape index (κ3) is 3.44. The second kappa shape index (κ2) is 6.61. The van der Waals surface area contributed by atoms with Crippen LogP contribution in [0.2, 0.25) is 0 Å². The highest BCUT2D eigenvalue weighted by molar-refractivity contribution is 7.89. The van der Waals surface area contributed by atoms with Gasteiger partial charge in [0.05, 0.1) is 4.90 Å². The Labute approximate surface area is 152 Å². The number of amides is 1. The van der Waals surface area contributed by atoms with Gasteiger partial charge in [-0.2, -0.15) is 0 Å². The Morgan fingerprint density at radius 2 is 1.85 bits per heavy atom. The van der Waals surface area contributed by atoms with E-state index in [1.807, 2.05) is 0 Å². The molecule has 0 unspecified atom stereocenters. The summed E-state index contributed by atoms with van der Waals surface area (Å²) < 4.78 is 23.6. The zero-order chi connectivity index (χ0) is 18.3. The van der Waals surface area contributed by atoms with Gasteiger partial charge in [0.25, 0.3) is 5.91 Å². The van der Waals surface area contributed by atoms with Crippen molar-refractivity contribution in [1.82, 2.24) is 15.2 Å². The van der Waals surface area contributed by atoms with Crippen LogP contribution in [0.25, 0.3) is 10.8 Å². The van der Waals surface area contributed by atoms with E-state index >= 15 is 0 Å². The number of carbonyl (C=O) groups is 1. The van der Waals surface area contributed by atoms with Gasteiger partial charge in [0.1, 0.15) is 5.69 Å². The summed E-state index contributed by atoms with van der Waals surface area (Å²) in [6, 6.07) is 7.16. The lowest BCUT2D eigenvalue weighted by molar-refractivity contribution is 0.0906. The number of piperidine rings is 1. The summed E-state index contributed by atoms with van der Waals surface area (Å²) in [4.78, 5) is 19.4. The maximum absolute atomic E-state index is 12.7. The van der Waals surface area contributed by atoms with Crippen molar-refractivity contribution in [1.29, 1.82) is 0 Å². The van der Waals surface area contributed by atoms with Crippen LogP contribution < -0.4 is 10.5 Å². The summed E-state index contributed by atoms with van der Waals surface area (Å²) in [5, 5.41) is 9.25. The van der Waals surface area contributed by atoms with Gasteiger partial charge in [-0.05, 0) is 37.8 Å². The SMILES string of the molecule is NS(=O)(=O)c1cccc2c(C(=O)NC3CCN(C4CC4)CC3)nccc12. The number of pyridine rings is 1. The Morgan fingerprint density at radius 1 is 1.12 bits per heavy atom. The number of sulfonamides is 1. The molecular formula is C18H22N4O3S. The molecule has 1 saturated carbocycles. The number of carbonyl (C=O) groups excluding carboxylic acids is 1. The molecule has 0 radical (unpaired) electrons. The molecule has 1 aliphatic carbocycles. The molecule has 0 bridgehead atoms. The van der Waals surface area contributed by atoms with Gasteiger partial charge in [-0.1, -0.05) is 12.1 Å². The summed E-state index contributed by atoms with van der Waals surface area (Å²) in [5.41, 5.74) is 0.234. The Balaban J connectivity index is 1.55. The van der Waals surface area contributed by atoms with Crippen LogP contribution in [0.5, 0.6) is 0 Å². The monoisotopic (exact) mass is 374 g/mol. The Kier molecular flexibility index (Phi) is 4.42. The maximum atomic E-state index is 12.7. The first-order chi connectivity index (χ1) is 12.4. The summed E-state index contributed by atoms with van der Waals surface area (Å²) in [5.74, 6) is -0.271. The number of nitrogens with zero attached hydrogens (tertiary/aromatic N) is 2. The van der Waals surface area contributed by atoms with E-state index in [4.69, 9.17) is 5.14 Å². The number of primary sulfonamides is 1. The van der Waals surface area contributed by atoms with E-state index in [-0.39, 0.29) is 22.5 Å². The molecular weight excluding hydrogens is 352 g/mol. The number of benzene rings is 1. The fourth-order valence-corrected chi connectivity index (χ4v) is 4.46. The lowest BCUT2D eigenvalue weighted by Crippen LogP contribution is -2.45. The average molecular weight is 374 g/mol. The molecule has 2 aromatic rings. The van der Waals surface area contributed by atoms with Crippen molar-refractivity contribution in [2.24, 2.45) is 5.14 Å². The van der Waals surface area contributed by atoms with Crippen LogP contribution in [0.4, 0.5) is 0 Å². The van der Waals surface area contributed by atoms with Crippen LogP contribution in [0.1, 0.15) is 36.2 Å².